The summed E-state index contributed by atoms with van der Waals surface area (Å²) in [6, 6.07) is 13.9. The smallest absolute Gasteiger partial charge is 0.278 e. The summed E-state index contributed by atoms with van der Waals surface area (Å²) in [5.74, 6) is 0.422. The van der Waals surface area contributed by atoms with Crippen LogP contribution in [0.15, 0.2) is 47.4 Å². The molecule has 0 atom stereocenters. The number of nitriles is 1. The van der Waals surface area contributed by atoms with Gasteiger partial charge in [-0.2, -0.15) is 10.2 Å². The SMILES string of the molecule is Cc1cc(-n2c3nc(Nc4ccc5c(c4)CNCC5)ncc3c(=O)n2C(C)C)ccc1C#N. The number of fused-ring (bicyclic) bond motifs is 2. The molecule has 0 bridgehead atoms. The third kappa shape index (κ3) is 3.66. The van der Waals surface area contributed by atoms with E-state index in [9.17, 15) is 10.1 Å². The van der Waals surface area contributed by atoms with Crippen LogP contribution >= 0.6 is 0 Å². The fourth-order valence-corrected chi connectivity index (χ4v) is 4.37. The molecule has 3 heterocycles. The van der Waals surface area contributed by atoms with E-state index in [2.05, 4.69) is 33.8 Å². The van der Waals surface area contributed by atoms with E-state index in [0.29, 0.717) is 22.5 Å². The summed E-state index contributed by atoms with van der Waals surface area (Å²) in [6.07, 6.45) is 2.61. The summed E-state index contributed by atoms with van der Waals surface area (Å²) in [7, 11) is 0. The van der Waals surface area contributed by atoms with E-state index in [0.717, 1.165) is 36.4 Å². The average molecular weight is 440 g/mol. The molecule has 0 saturated heterocycles. The Balaban J connectivity index is 1.63. The van der Waals surface area contributed by atoms with Crippen molar-refractivity contribution in [3.05, 3.63) is 75.2 Å². The summed E-state index contributed by atoms with van der Waals surface area (Å²) in [4.78, 5) is 22.3. The van der Waals surface area contributed by atoms with Gasteiger partial charge < -0.3 is 10.6 Å². The van der Waals surface area contributed by atoms with Crippen molar-refractivity contribution in [2.24, 2.45) is 0 Å². The zero-order valence-corrected chi connectivity index (χ0v) is 18.9. The zero-order valence-electron chi connectivity index (χ0n) is 18.9. The number of nitrogens with zero attached hydrogens (tertiary/aromatic N) is 5. The molecule has 8 heteroatoms. The lowest BCUT2D eigenvalue weighted by Crippen LogP contribution is -2.24. The van der Waals surface area contributed by atoms with Gasteiger partial charge in [0.15, 0.2) is 5.65 Å². The van der Waals surface area contributed by atoms with Crippen LogP contribution in [0.1, 0.15) is 42.1 Å². The number of hydrogen-bond acceptors (Lipinski definition) is 6. The molecular weight excluding hydrogens is 414 g/mol. The van der Waals surface area contributed by atoms with Crippen LogP contribution in [-0.2, 0) is 13.0 Å². The van der Waals surface area contributed by atoms with Crippen LogP contribution in [0.4, 0.5) is 11.6 Å². The molecule has 2 aromatic heterocycles. The largest absolute Gasteiger partial charge is 0.324 e. The molecule has 0 spiro atoms. The highest BCUT2D eigenvalue weighted by molar-refractivity contribution is 5.77. The van der Waals surface area contributed by atoms with Crippen molar-refractivity contribution in [3.63, 3.8) is 0 Å². The van der Waals surface area contributed by atoms with Gasteiger partial charge >= 0.3 is 0 Å². The highest BCUT2D eigenvalue weighted by atomic mass is 16.1. The Labute approximate surface area is 191 Å². The van der Waals surface area contributed by atoms with Crippen LogP contribution in [0.3, 0.4) is 0 Å². The van der Waals surface area contributed by atoms with Crippen LogP contribution in [-0.4, -0.2) is 25.9 Å². The van der Waals surface area contributed by atoms with Crippen molar-refractivity contribution in [1.82, 2.24) is 24.6 Å². The predicted octanol–water partition coefficient (Wildman–Crippen LogP) is 3.73. The van der Waals surface area contributed by atoms with Crippen molar-refractivity contribution in [2.75, 3.05) is 11.9 Å². The van der Waals surface area contributed by atoms with Gasteiger partial charge in [-0.25, -0.2) is 14.3 Å². The molecule has 1 aliphatic heterocycles. The monoisotopic (exact) mass is 439 g/mol. The van der Waals surface area contributed by atoms with Gasteiger partial charge in [0.1, 0.15) is 5.39 Å². The third-order valence-electron chi connectivity index (χ3n) is 6.04. The van der Waals surface area contributed by atoms with Gasteiger partial charge in [-0.15, -0.1) is 0 Å². The summed E-state index contributed by atoms with van der Waals surface area (Å²) in [5, 5.41) is 16.4. The van der Waals surface area contributed by atoms with Gasteiger partial charge in [0.25, 0.3) is 5.56 Å². The summed E-state index contributed by atoms with van der Waals surface area (Å²) >= 11 is 0. The highest BCUT2D eigenvalue weighted by Gasteiger charge is 2.20. The summed E-state index contributed by atoms with van der Waals surface area (Å²) < 4.78 is 3.49. The lowest BCUT2D eigenvalue weighted by Gasteiger charge is -2.18. The number of aryl methyl sites for hydroxylation is 1. The lowest BCUT2D eigenvalue weighted by atomic mass is 10.0. The van der Waals surface area contributed by atoms with Gasteiger partial charge in [0, 0.05) is 24.5 Å². The Hall–Kier alpha value is -3.96. The van der Waals surface area contributed by atoms with E-state index in [4.69, 9.17) is 4.98 Å². The minimum Gasteiger partial charge on any atom is -0.324 e. The maximum Gasteiger partial charge on any atom is 0.278 e. The van der Waals surface area contributed by atoms with Crippen LogP contribution < -0.4 is 16.2 Å². The van der Waals surface area contributed by atoms with E-state index in [1.54, 1.807) is 16.9 Å². The van der Waals surface area contributed by atoms with Crippen molar-refractivity contribution in [1.29, 1.82) is 5.26 Å². The molecule has 0 aliphatic carbocycles. The number of aromatic nitrogens is 4. The predicted molar refractivity (Wildman–Crippen MR) is 128 cm³/mol. The molecule has 0 fully saturated rings. The van der Waals surface area contributed by atoms with Crippen LogP contribution in [0.25, 0.3) is 16.7 Å². The normalized spacial score (nSPS) is 13.2. The summed E-state index contributed by atoms with van der Waals surface area (Å²) in [5.41, 5.74) is 6.13. The average Bonchev–Trinajstić information content (AvgIpc) is 3.11. The van der Waals surface area contributed by atoms with E-state index < -0.39 is 0 Å². The Morgan fingerprint density at radius 2 is 2.03 bits per heavy atom. The van der Waals surface area contributed by atoms with Gasteiger partial charge in [-0.1, -0.05) is 6.07 Å². The van der Waals surface area contributed by atoms with Gasteiger partial charge in [-0.05, 0) is 80.8 Å². The molecule has 0 radical (unpaired) electrons. The number of rotatable bonds is 4. The molecule has 0 saturated carbocycles. The molecule has 4 aromatic rings. The Morgan fingerprint density at radius 1 is 1.18 bits per heavy atom. The second-order valence-corrected chi connectivity index (χ2v) is 8.63. The Morgan fingerprint density at radius 3 is 2.79 bits per heavy atom. The first-order valence-electron chi connectivity index (χ1n) is 11.1. The standard InChI is InChI=1S/C25H25N7O/c1-15(2)31-24(33)22-14-28-25(29-20-6-4-17-8-9-27-13-19(17)11-20)30-23(22)32(31)21-7-5-18(12-26)16(3)10-21/h4-7,10-11,14-15,27H,8-9,13H2,1-3H3,(H,28,29,30). The van der Waals surface area contributed by atoms with Crippen LogP contribution in [0.5, 0.6) is 0 Å². The van der Waals surface area contributed by atoms with Crippen LogP contribution in [0.2, 0.25) is 0 Å². The molecule has 2 N–H and O–H groups in total. The third-order valence-corrected chi connectivity index (χ3v) is 6.04. The fourth-order valence-electron chi connectivity index (χ4n) is 4.37. The van der Waals surface area contributed by atoms with Gasteiger partial charge in [0.05, 0.1) is 17.3 Å². The van der Waals surface area contributed by atoms with Crippen molar-refractivity contribution < 1.29 is 0 Å². The number of nitrogens with one attached hydrogen (secondary N) is 2. The van der Waals surface area contributed by atoms with Gasteiger partial charge in [-0.3, -0.25) is 4.79 Å². The van der Waals surface area contributed by atoms with Crippen LogP contribution in [0, 0.1) is 18.3 Å². The topological polar surface area (TPSA) is 101 Å². The lowest BCUT2D eigenvalue weighted by molar-refractivity contribution is 0.476. The second kappa shape index (κ2) is 8.19. The van der Waals surface area contributed by atoms with E-state index in [-0.39, 0.29) is 11.6 Å². The zero-order chi connectivity index (χ0) is 23.1. The minimum absolute atomic E-state index is 0.0906. The van der Waals surface area contributed by atoms with Crippen molar-refractivity contribution in [3.8, 4) is 11.8 Å². The van der Waals surface area contributed by atoms with E-state index in [1.807, 2.05) is 43.7 Å². The van der Waals surface area contributed by atoms with Crippen molar-refractivity contribution >= 4 is 22.7 Å². The molecule has 8 nitrogen and oxygen atoms in total. The number of benzene rings is 2. The molecule has 1 aliphatic rings. The quantitative estimate of drug-likeness (QED) is 0.503. The summed E-state index contributed by atoms with van der Waals surface area (Å²) in [6.45, 7) is 7.65. The second-order valence-electron chi connectivity index (χ2n) is 8.63. The molecule has 33 heavy (non-hydrogen) atoms. The molecule has 0 amide bonds. The fraction of sp³-hybridized carbons (Fsp3) is 0.280. The van der Waals surface area contributed by atoms with Gasteiger partial charge in [0.2, 0.25) is 5.95 Å². The number of hydrogen-bond donors (Lipinski definition) is 2. The molecule has 2 aromatic carbocycles. The first-order chi connectivity index (χ1) is 16.0. The molecule has 166 valence electrons. The molecular formula is C25H25N7O. The molecule has 5 rings (SSSR count). The first kappa shape index (κ1) is 20.9. The first-order valence-corrected chi connectivity index (χ1v) is 11.1. The Bertz CT molecular complexity index is 1470. The molecule has 0 unspecified atom stereocenters. The maximum atomic E-state index is 13.2. The van der Waals surface area contributed by atoms with E-state index in [1.165, 1.54) is 11.1 Å². The highest BCUT2D eigenvalue weighted by Crippen LogP contribution is 2.24. The maximum absolute atomic E-state index is 13.2. The van der Waals surface area contributed by atoms with E-state index >= 15 is 0 Å². The Kier molecular flexibility index (Phi) is 5.19. The van der Waals surface area contributed by atoms with Crippen molar-refractivity contribution in [2.45, 2.75) is 39.8 Å². The minimum atomic E-state index is -0.145. The number of anilines is 2.